The van der Waals surface area contributed by atoms with Gasteiger partial charge < -0.3 is 15.0 Å². The third-order valence-electron chi connectivity index (χ3n) is 8.65. The zero-order chi connectivity index (χ0) is 32.1. The summed E-state index contributed by atoms with van der Waals surface area (Å²) in [6.45, 7) is 11.7. The summed E-state index contributed by atoms with van der Waals surface area (Å²) < 4.78 is 22.2. The van der Waals surface area contributed by atoms with Gasteiger partial charge in [0, 0.05) is 38.6 Å². The van der Waals surface area contributed by atoms with Crippen LogP contribution in [0.2, 0.25) is 0 Å². The number of amides is 1. The first-order chi connectivity index (χ1) is 21.4. The van der Waals surface area contributed by atoms with Crippen LogP contribution in [0.1, 0.15) is 91.8 Å². The van der Waals surface area contributed by atoms with Crippen LogP contribution in [0.15, 0.2) is 48.5 Å². The van der Waals surface area contributed by atoms with Crippen molar-refractivity contribution in [3.63, 3.8) is 0 Å². The van der Waals surface area contributed by atoms with Gasteiger partial charge in [-0.25, -0.2) is 13.9 Å². The van der Waals surface area contributed by atoms with E-state index in [0.717, 1.165) is 56.1 Å². The molecule has 5 rings (SSSR count). The van der Waals surface area contributed by atoms with Gasteiger partial charge >= 0.3 is 6.09 Å². The van der Waals surface area contributed by atoms with E-state index in [1.165, 1.54) is 25.3 Å². The Morgan fingerprint density at radius 3 is 2.62 bits per heavy atom. The highest BCUT2D eigenvalue weighted by atomic mass is 19.1. The Bertz CT molecular complexity index is 1490. The Hall–Kier alpha value is -3.56. The predicted molar refractivity (Wildman–Crippen MR) is 174 cm³/mol. The fourth-order valence-electron chi connectivity index (χ4n) is 6.12. The van der Waals surface area contributed by atoms with Crippen LogP contribution in [0.25, 0.3) is 5.69 Å². The molecule has 1 saturated heterocycles. The topological polar surface area (TPSA) is 79.7 Å². The summed E-state index contributed by atoms with van der Waals surface area (Å²) >= 11 is 0. The molecule has 0 spiro atoms. The van der Waals surface area contributed by atoms with Crippen molar-refractivity contribution in [3.05, 3.63) is 82.4 Å². The van der Waals surface area contributed by atoms with Gasteiger partial charge in [-0.15, -0.1) is 0 Å². The van der Waals surface area contributed by atoms with Crippen LogP contribution < -0.4 is 5.32 Å². The summed E-state index contributed by atoms with van der Waals surface area (Å²) in [7, 11) is 2.17. The second-order valence-electron chi connectivity index (χ2n) is 13.8. The number of ketones is 1. The molecule has 9 heteroatoms. The standard InChI is InChI=1S/C36H48FN5O3/c1-25-20-33(42(39-25)30-9-6-8-27(21-30)24-38-35(44)45-36(2,3)4)34(43)23-29-22-28(13-14-31(29)37)32(15-12-26-10-11-26)41-17-7-16-40(5)18-19-41/h6,8-9,13-14,20-22,26,32H,7,10-12,15-19,23-24H2,1-5H3,(H,38,44). The van der Waals surface area contributed by atoms with Crippen LogP contribution >= 0.6 is 0 Å². The van der Waals surface area contributed by atoms with Crippen LogP contribution in [0.5, 0.6) is 0 Å². The van der Waals surface area contributed by atoms with Crippen LogP contribution in [0.4, 0.5) is 9.18 Å². The summed E-state index contributed by atoms with van der Waals surface area (Å²) in [6, 6.07) is 14.8. The lowest BCUT2D eigenvalue weighted by atomic mass is 9.95. The molecule has 1 atom stereocenters. The van der Waals surface area contributed by atoms with Crippen molar-refractivity contribution < 1.29 is 18.7 Å². The lowest BCUT2D eigenvalue weighted by Gasteiger charge is -2.31. The Morgan fingerprint density at radius 2 is 1.87 bits per heavy atom. The highest BCUT2D eigenvalue weighted by molar-refractivity contribution is 5.96. The minimum atomic E-state index is -0.589. The molecule has 2 aromatic carbocycles. The van der Waals surface area contributed by atoms with E-state index in [9.17, 15) is 9.59 Å². The second-order valence-corrected chi connectivity index (χ2v) is 13.8. The van der Waals surface area contributed by atoms with E-state index in [-0.39, 0.29) is 30.6 Å². The monoisotopic (exact) mass is 617 g/mol. The Balaban J connectivity index is 1.34. The van der Waals surface area contributed by atoms with Gasteiger partial charge in [-0.3, -0.25) is 9.69 Å². The fraction of sp³-hybridized carbons (Fsp3) is 0.528. The molecule has 8 nitrogen and oxygen atoms in total. The number of ether oxygens (including phenoxy) is 1. The smallest absolute Gasteiger partial charge is 0.407 e. The number of aryl methyl sites for hydroxylation is 1. The van der Waals surface area contributed by atoms with Gasteiger partial charge in [-0.1, -0.05) is 37.1 Å². The SMILES string of the molecule is Cc1cc(C(=O)Cc2cc(C(CCC3CC3)N3CCCN(C)CC3)ccc2F)n(-c2cccc(CNC(=O)OC(C)(C)C)c2)n1. The van der Waals surface area contributed by atoms with Gasteiger partial charge in [0.25, 0.3) is 0 Å². The van der Waals surface area contributed by atoms with Crippen molar-refractivity contribution >= 4 is 11.9 Å². The minimum Gasteiger partial charge on any atom is -0.444 e. The number of hydrogen-bond acceptors (Lipinski definition) is 6. The zero-order valence-corrected chi connectivity index (χ0v) is 27.4. The lowest BCUT2D eigenvalue weighted by Crippen LogP contribution is -2.33. The first kappa shape index (κ1) is 32.8. The van der Waals surface area contributed by atoms with Crippen LogP contribution in [0, 0.1) is 18.7 Å². The molecular weight excluding hydrogens is 569 g/mol. The predicted octanol–water partition coefficient (Wildman–Crippen LogP) is 6.64. The molecule has 0 radical (unpaired) electrons. The number of rotatable bonds is 11. The molecule has 1 aromatic heterocycles. The number of Topliss-reactive ketones (excluding diaryl/α,β-unsaturated/α-hetero) is 1. The van der Waals surface area contributed by atoms with Crippen LogP contribution in [-0.4, -0.2) is 70.3 Å². The maximum Gasteiger partial charge on any atom is 0.407 e. The summed E-state index contributed by atoms with van der Waals surface area (Å²) in [6.07, 6.45) is 5.43. The molecule has 1 saturated carbocycles. The molecular formula is C36H48FN5O3. The summed E-state index contributed by atoms with van der Waals surface area (Å²) in [4.78, 5) is 30.9. The van der Waals surface area contributed by atoms with Crippen molar-refractivity contribution in [2.24, 2.45) is 5.92 Å². The number of benzene rings is 2. The molecule has 0 bridgehead atoms. The van der Waals surface area contributed by atoms with Crippen molar-refractivity contribution in [2.45, 2.75) is 84.4 Å². The minimum absolute atomic E-state index is 0.0528. The van der Waals surface area contributed by atoms with Crippen molar-refractivity contribution in [1.82, 2.24) is 24.9 Å². The third kappa shape index (κ3) is 9.23. The average Bonchev–Trinajstić information content (AvgIpc) is 3.76. The number of likely N-dealkylation sites (N-methyl/N-ethyl adjacent to an activating group) is 1. The van der Waals surface area contributed by atoms with E-state index in [4.69, 9.17) is 4.74 Å². The number of alkyl carbamates (subject to hydrolysis) is 1. The van der Waals surface area contributed by atoms with Crippen molar-refractivity contribution in [2.75, 3.05) is 33.2 Å². The number of nitrogens with one attached hydrogen (secondary N) is 1. The van der Waals surface area contributed by atoms with Crippen molar-refractivity contribution in [1.29, 1.82) is 0 Å². The molecule has 2 fully saturated rings. The summed E-state index contributed by atoms with van der Waals surface area (Å²) in [5.74, 6) is 0.260. The third-order valence-corrected chi connectivity index (χ3v) is 8.65. The van der Waals surface area contributed by atoms with Gasteiger partial charge in [0.2, 0.25) is 0 Å². The van der Waals surface area contributed by atoms with E-state index in [0.29, 0.717) is 22.6 Å². The van der Waals surface area contributed by atoms with Gasteiger partial charge in [-0.05, 0) is 107 Å². The van der Waals surface area contributed by atoms with E-state index in [1.54, 1.807) is 10.7 Å². The fourth-order valence-corrected chi connectivity index (χ4v) is 6.12. The van der Waals surface area contributed by atoms with Crippen LogP contribution in [-0.2, 0) is 17.7 Å². The van der Waals surface area contributed by atoms with Gasteiger partial charge in [0.05, 0.1) is 11.4 Å². The molecule has 242 valence electrons. The molecule has 1 aliphatic heterocycles. The Labute approximate surface area is 266 Å². The highest BCUT2D eigenvalue weighted by Gasteiger charge is 2.28. The van der Waals surface area contributed by atoms with Gasteiger partial charge in [-0.2, -0.15) is 5.10 Å². The average molecular weight is 618 g/mol. The maximum atomic E-state index is 15.3. The first-order valence-corrected chi connectivity index (χ1v) is 16.3. The van der Waals surface area contributed by atoms with Gasteiger partial charge in [0.1, 0.15) is 17.1 Å². The lowest BCUT2D eigenvalue weighted by molar-refractivity contribution is 0.0523. The zero-order valence-electron chi connectivity index (χ0n) is 27.4. The summed E-state index contributed by atoms with van der Waals surface area (Å²) in [5, 5.41) is 7.37. The summed E-state index contributed by atoms with van der Waals surface area (Å²) in [5.41, 5.74) is 3.54. The molecule has 3 aromatic rings. The molecule has 1 aliphatic carbocycles. The van der Waals surface area contributed by atoms with Gasteiger partial charge in [0.15, 0.2) is 5.78 Å². The highest BCUT2D eigenvalue weighted by Crippen LogP contribution is 2.38. The van der Waals surface area contributed by atoms with Crippen LogP contribution in [0.3, 0.4) is 0 Å². The quantitative estimate of drug-likeness (QED) is 0.243. The molecule has 2 aliphatic rings. The molecule has 1 unspecified atom stereocenters. The second kappa shape index (κ2) is 14.3. The normalized spacial score (nSPS) is 17.1. The molecule has 2 heterocycles. The first-order valence-electron chi connectivity index (χ1n) is 16.3. The number of aromatic nitrogens is 2. The molecule has 1 amide bonds. The van der Waals surface area contributed by atoms with E-state index in [2.05, 4.69) is 27.3 Å². The maximum absolute atomic E-state index is 15.3. The Morgan fingerprint density at radius 1 is 1.07 bits per heavy atom. The number of carbonyl (C=O) groups excluding carboxylic acids is 2. The van der Waals surface area contributed by atoms with E-state index < -0.39 is 11.7 Å². The van der Waals surface area contributed by atoms with E-state index >= 15 is 4.39 Å². The Kier molecular flexibility index (Phi) is 10.4. The van der Waals surface area contributed by atoms with Crippen molar-refractivity contribution in [3.8, 4) is 5.69 Å². The number of halogens is 1. The largest absolute Gasteiger partial charge is 0.444 e. The molecule has 45 heavy (non-hydrogen) atoms. The number of hydrogen-bond donors (Lipinski definition) is 1. The number of carbonyl (C=O) groups is 2. The number of nitrogens with zero attached hydrogens (tertiary/aromatic N) is 4. The molecule has 1 N–H and O–H groups in total. The van der Waals surface area contributed by atoms with E-state index in [1.807, 2.05) is 64.1 Å².